The number of anilines is 2. The molecule has 7 heteroatoms. The third kappa shape index (κ3) is 4.34. The van der Waals surface area contributed by atoms with Crippen LogP contribution in [0, 0.1) is 0 Å². The number of rotatable bonds is 5. The van der Waals surface area contributed by atoms with Gasteiger partial charge in [-0.15, -0.1) is 0 Å². The predicted molar refractivity (Wildman–Crippen MR) is 107 cm³/mol. The van der Waals surface area contributed by atoms with E-state index in [4.69, 9.17) is 9.72 Å². The lowest BCUT2D eigenvalue weighted by Crippen LogP contribution is -2.37. The monoisotopic (exact) mass is 417 g/mol. The maximum absolute atomic E-state index is 5.41. The lowest BCUT2D eigenvalue weighted by atomic mass is 10.2. The van der Waals surface area contributed by atoms with Gasteiger partial charge in [0.2, 0.25) is 5.95 Å². The Kier molecular flexibility index (Phi) is 5.67. The van der Waals surface area contributed by atoms with Gasteiger partial charge in [-0.05, 0) is 24.1 Å². The minimum Gasteiger partial charge on any atom is -0.378 e. The number of benzene rings is 1. The van der Waals surface area contributed by atoms with Crippen molar-refractivity contribution in [3.63, 3.8) is 0 Å². The van der Waals surface area contributed by atoms with E-state index in [-0.39, 0.29) is 0 Å². The third-order valence-electron chi connectivity index (χ3n) is 4.91. The van der Waals surface area contributed by atoms with Crippen molar-refractivity contribution in [2.45, 2.75) is 19.0 Å². The molecule has 1 aromatic heterocycles. The van der Waals surface area contributed by atoms with E-state index >= 15 is 0 Å². The summed E-state index contributed by atoms with van der Waals surface area (Å²) in [4.78, 5) is 13.8. The zero-order valence-electron chi connectivity index (χ0n) is 14.8. The van der Waals surface area contributed by atoms with E-state index in [1.54, 1.807) is 0 Å². The quantitative estimate of drug-likeness (QED) is 0.806. The summed E-state index contributed by atoms with van der Waals surface area (Å²) in [5.74, 6) is 1.70. The number of nitrogens with one attached hydrogen (secondary N) is 1. The molecule has 1 unspecified atom stereocenters. The van der Waals surface area contributed by atoms with Crippen molar-refractivity contribution in [3.05, 3.63) is 46.6 Å². The number of hydrogen-bond acceptors (Lipinski definition) is 6. The summed E-state index contributed by atoms with van der Waals surface area (Å²) in [6.45, 7) is 6.29. The highest BCUT2D eigenvalue weighted by atomic mass is 79.9. The van der Waals surface area contributed by atoms with Crippen LogP contribution in [0.2, 0.25) is 0 Å². The fraction of sp³-hybridized carbons (Fsp3) is 0.474. The first-order valence-corrected chi connectivity index (χ1v) is 9.95. The molecule has 6 nitrogen and oxygen atoms in total. The molecule has 0 bridgehead atoms. The molecule has 0 spiro atoms. The van der Waals surface area contributed by atoms with Crippen LogP contribution < -0.4 is 10.2 Å². The van der Waals surface area contributed by atoms with E-state index in [1.807, 2.05) is 12.3 Å². The van der Waals surface area contributed by atoms with Crippen molar-refractivity contribution in [2.24, 2.45) is 0 Å². The molecular formula is C19H24BrN5O. The van der Waals surface area contributed by atoms with Gasteiger partial charge in [0.25, 0.3) is 0 Å². The fourth-order valence-electron chi connectivity index (χ4n) is 3.52. The average Bonchev–Trinajstić information content (AvgIpc) is 3.11. The van der Waals surface area contributed by atoms with Gasteiger partial charge in [-0.3, -0.25) is 4.90 Å². The standard InChI is InChI=1S/C19H24BrN5O/c20-17-4-2-1-3-15(17)13-24-8-6-16(14-24)22-18-5-7-21-19(23-18)25-9-11-26-12-10-25/h1-5,7,16H,6,8-14H2,(H,21,22,23). The highest BCUT2D eigenvalue weighted by Gasteiger charge is 2.23. The lowest BCUT2D eigenvalue weighted by molar-refractivity contribution is 0.122. The number of aromatic nitrogens is 2. The summed E-state index contributed by atoms with van der Waals surface area (Å²) >= 11 is 3.65. The van der Waals surface area contributed by atoms with Crippen LogP contribution >= 0.6 is 15.9 Å². The van der Waals surface area contributed by atoms with Crippen molar-refractivity contribution >= 4 is 27.7 Å². The predicted octanol–water partition coefficient (Wildman–Crippen LogP) is 2.76. The summed E-state index contributed by atoms with van der Waals surface area (Å²) in [5.41, 5.74) is 1.34. The topological polar surface area (TPSA) is 53.5 Å². The van der Waals surface area contributed by atoms with Crippen LogP contribution in [-0.4, -0.2) is 60.3 Å². The van der Waals surface area contributed by atoms with Gasteiger partial charge in [-0.1, -0.05) is 34.1 Å². The summed E-state index contributed by atoms with van der Waals surface area (Å²) in [6, 6.07) is 10.8. The highest BCUT2D eigenvalue weighted by Crippen LogP contribution is 2.22. The zero-order chi connectivity index (χ0) is 17.8. The number of nitrogens with zero attached hydrogens (tertiary/aromatic N) is 4. The molecule has 0 radical (unpaired) electrons. The molecule has 1 atom stereocenters. The fourth-order valence-corrected chi connectivity index (χ4v) is 3.93. The second kappa shape index (κ2) is 8.33. The van der Waals surface area contributed by atoms with Crippen LogP contribution in [0.4, 0.5) is 11.8 Å². The Balaban J connectivity index is 1.34. The van der Waals surface area contributed by atoms with Crippen LogP contribution in [-0.2, 0) is 11.3 Å². The van der Waals surface area contributed by atoms with Gasteiger partial charge in [0.15, 0.2) is 0 Å². The summed E-state index contributed by atoms with van der Waals surface area (Å²) < 4.78 is 6.59. The molecule has 2 aliphatic rings. The number of morpholine rings is 1. The Morgan fingerprint density at radius 2 is 2.00 bits per heavy atom. The largest absolute Gasteiger partial charge is 0.378 e. The maximum atomic E-state index is 5.41. The molecule has 0 saturated carbocycles. The molecule has 2 aliphatic heterocycles. The van der Waals surface area contributed by atoms with Gasteiger partial charge in [-0.25, -0.2) is 4.98 Å². The molecule has 2 saturated heterocycles. The Morgan fingerprint density at radius 1 is 1.15 bits per heavy atom. The van der Waals surface area contributed by atoms with Gasteiger partial charge < -0.3 is 15.0 Å². The van der Waals surface area contributed by atoms with E-state index in [2.05, 4.69) is 60.3 Å². The smallest absolute Gasteiger partial charge is 0.227 e. The minimum atomic E-state index is 0.421. The van der Waals surface area contributed by atoms with Crippen LogP contribution in [0.25, 0.3) is 0 Å². The van der Waals surface area contributed by atoms with E-state index < -0.39 is 0 Å². The Labute approximate surface area is 162 Å². The Hall–Kier alpha value is -1.70. The number of hydrogen-bond donors (Lipinski definition) is 1. The van der Waals surface area contributed by atoms with Gasteiger partial charge in [0.1, 0.15) is 5.82 Å². The van der Waals surface area contributed by atoms with Crippen molar-refractivity contribution in [3.8, 4) is 0 Å². The Morgan fingerprint density at radius 3 is 2.85 bits per heavy atom. The molecule has 2 aromatic rings. The molecule has 2 fully saturated rings. The van der Waals surface area contributed by atoms with Gasteiger partial charge in [0, 0.05) is 49.4 Å². The molecule has 4 rings (SSSR count). The van der Waals surface area contributed by atoms with Crippen LogP contribution in [0.15, 0.2) is 41.0 Å². The first-order chi connectivity index (χ1) is 12.8. The van der Waals surface area contributed by atoms with Crippen molar-refractivity contribution in [2.75, 3.05) is 49.6 Å². The maximum Gasteiger partial charge on any atom is 0.227 e. The van der Waals surface area contributed by atoms with Gasteiger partial charge >= 0.3 is 0 Å². The highest BCUT2D eigenvalue weighted by molar-refractivity contribution is 9.10. The van der Waals surface area contributed by atoms with Crippen molar-refractivity contribution < 1.29 is 4.74 Å². The molecule has 3 heterocycles. The first kappa shape index (κ1) is 17.7. The SMILES string of the molecule is Brc1ccccc1CN1CCC(Nc2ccnc(N3CCOCC3)n2)C1. The second-order valence-electron chi connectivity index (χ2n) is 6.80. The number of ether oxygens (including phenoxy) is 1. The Bertz CT molecular complexity index is 737. The number of halogens is 1. The summed E-state index contributed by atoms with van der Waals surface area (Å²) in [5, 5.41) is 3.59. The zero-order valence-corrected chi connectivity index (χ0v) is 16.4. The molecule has 0 amide bonds. The van der Waals surface area contributed by atoms with E-state index in [0.29, 0.717) is 6.04 Å². The average molecular weight is 418 g/mol. The van der Waals surface area contributed by atoms with Crippen LogP contribution in [0.3, 0.4) is 0 Å². The van der Waals surface area contributed by atoms with Crippen LogP contribution in [0.1, 0.15) is 12.0 Å². The van der Waals surface area contributed by atoms with Gasteiger partial charge in [0.05, 0.1) is 13.2 Å². The molecule has 138 valence electrons. The third-order valence-corrected chi connectivity index (χ3v) is 5.69. The van der Waals surface area contributed by atoms with Gasteiger partial charge in [-0.2, -0.15) is 4.98 Å². The second-order valence-corrected chi connectivity index (χ2v) is 7.65. The molecule has 1 aromatic carbocycles. The summed E-state index contributed by atoms with van der Waals surface area (Å²) in [7, 11) is 0. The molecule has 1 N–H and O–H groups in total. The lowest BCUT2D eigenvalue weighted by Gasteiger charge is -2.27. The first-order valence-electron chi connectivity index (χ1n) is 9.16. The summed E-state index contributed by atoms with van der Waals surface area (Å²) in [6.07, 6.45) is 2.97. The van der Waals surface area contributed by atoms with E-state index in [9.17, 15) is 0 Å². The minimum absolute atomic E-state index is 0.421. The molecular weight excluding hydrogens is 394 g/mol. The van der Waals surface area contributed by atoms with E-state index in [0.717, 1.165) is 64.1 Å². The van der Waals surface area contributed by atoms with E-state index in [1.165, 1.54) is 10.0 Å². The molecule has 0 aliphatic carbocycles. The van der Waals surface area contributed by atoms with Crippen molar-refractivity contribution in [1.82, 2.24) is 14.9 Å². The van der Waals surface area contributed by atoms with Crippen LogP contribution in [0.5, 0.6) is 0 Å². The normalized spacial score (nSPS) is 21.1. The molecule has 26 heavy (non-hydrogen) atoms. The number of likely N-dealkylation sites (tertiary alicyclic amines) is 1. The van der Waals surface area contributed by atoms with Crippen molar-refractivity contribution in [1.29, 1.82) is 0 Å².